The van der Waals surface area contributed by atoms with Crippen LogP contribution in [0.25, 0.3) is 0 Å². The molecular formula is C17H16ClF3N2O2. The van der Waals surface area contributed by atoms with E-state index in [-0.39, 0.29) is 17.1 Å². The number of ether oxygens (including phenoxy) is 1. The smallest absolute Gasteiger partial charge is 0.416 e. The molecule has 1 saturated carbocycles. The molecule has 1 aliphatic carbocycles. The maximum absolute atomic E-state index is 12.6. The predicted octanol–water partition coefficient (Wildman–Crippen LogP) is 4.75. The molecule has 134 valence electrons. The fourth-order valence-corrected chi connectivity index (χ4v) is 2.79. The zero-order valence-corrected chi connectivity index (χ0v) is 14.1. The third kappa shape index (κ3) is 4.34. The van der Waals surface area contributed by atoms with Gasteiger partial charge in [0, 0.05) is 23.1 Å². The molecule has 1 aliphatic rings. The maximum Gasteiger partial charge on any atom is 0.416 e. The van der Waals surface area contributed by atoms with Gasteiger partial charge in [0.15, 0.2) is 5.69 Å². The molecule has 1 heterocycles. The van der Waals surface area contributed by atoms with Crippen molar-refractivity contribution < 1.29 is 22.7 Å². The fourth-order valence-electron chi connectivity index (χ4n) is 2.53. The molecule has 1 fully saturated rings. The molecule has 25 heavy (non-hydrogen) atoms. The van der Waals surface area contributed by atoms with Crippen LogP contribution in [-0.2, 0) is 17.3 Å². The van der Waals surface area contributed by atoms with Crippen LogP contribution < -0.4 is 0 Å². The number of hydrogen-bond acceptors (Lipinski definition) is 3. The van der Waals surface area contributed by atoms with Gasteiger partial charge in [-0.25, -0.2) is 4.79 Å². The van der Waals surface area contributed by atoms with E-state index in [9.17, 15) is 18.0 Å². The van der Waals surface area contributed by atoms with Crippen molar-refractivity contribution in [2.24, 2.45) is 0 Å². The van der Waals surface area contributed by atoms with Gasteiger partial charge in [-0.2, -0.15) is 18.3 Å². The van der Waals surface area contributed by atoms with Crippen LogP contribution in [0.2, 0.25) is 5.02 Å². The lowest BCUT2D eigenvalue weighted by Gasteiger charge is -2.14. The van der Waals surface area contributed by atoms with Gasteiger partial charge < -0.3 is 4.74 Å². The Morgan fingerprint density at radius 3 is 2.72 bits per heavy atom. The van der Waals surface area contributed by atoms with Crippen molar-refractivity contribution in [3.63, 3.8) is 0 Å². The van der Waals surface area contributed by atoms with Crippen LogP contribution in [-0.4, -0.2) is 22.3 Å². The second kappa shape index (κ2) is 6.71. The van der Waals surface area contributed by atoms with E-state index in [1.165, 1.54) is 6.07 Å². The second-order valence-corrected chi connectivity index (χ2v) is 6.61. The first-order chi connectivity index (χ1) is 11.7. The van der Waals surface area contributed by atoms with Crippen molar-refractivity contribution in [2.45, 2.75) is 44.4 Å². The van der Waals surface area contributed by atoms with E-state index < -0.39 is 23.8 Å². The lowest BCUT2D eigenvalue weighted by atomic mass is 10.1. The first-order valence-electron chi connectivity index (χ1n) is 7.86. The Labute approximate surface area is 147 Å². The van der Waals surface area contributed by atoms with E-state index in [0.29, 0.717) is 11.5 Å². The zero-order chi connectivity index (χ0) is 18.2. The molecule has 1 aromatic heterocycles. The van der Waals surface area contributed by atoms with Crippen LogP contribution in [0.15, 0.2) is 24.3 Å². The second-order valence-electron chi connectivity index (χ2n) is 6.21. The van der Waals surface area contributed by atoms with Crippen LogP contribution in [0.5, 0.6) is 0 Å². The molecule has 2 aromatic rings. The Hall–Kier alpha value is -2.02. The summed E-state index contributed by atoms with van der Waals surface area (Å²) in [6.45, 7) is 1.65. The van der Waals surface area contributed by atoms with E-state index in [1.54, 1.807) is 13.0 Å². The summed E-state index contributed by atoms with van der Waals surface area (Å²) in [6.07, 6.45) is -2.62. The normalized spacial score (nSPS) is 15.9. The van der Waals surface area contributed by atoms with Crippen molar-refractivity contribution >= 4 is 17.6 Å². The van der Waals surface area contributed by atoms with Gasteiger partial charge in [0.2, 0.25) is 0 Å². The minimum absolute atomic E-state index is 0.00601. The molecule has 1 N–H and O–H groups in total. The quantitative estimate of drug-likeness (QED) is 0.771. The lowest BCUT2D eigenvalue weighted by Crippen LogP contribution is -2.18. The molecular weight excluding hydrogens is 357 g/mol. The molecule has 0 amide bonds. The summed E-state index contributed by atoms with van der Waals surface area (Å²) in [7, 11) is 0. The third-order valence-electron chi connectivity index (χ3n) is 4.02. The Morgan fingerprint density at radius 2 is 2.12 bits per heavy atom. The standard InChI is InChI=1S/C17H16ClF3N2O2/c1-9(6-11-4-5-12(7-13(11)18)17(19,20)21)25-16(24)15-8-14(22-23-15)10-2-3-10/h4-5,7-10H,2-3,6H2,1H3,(H,22,23). The molecule has 0 spiro atoms. The highest BCUT2D eigenvalue weighted by atomic mass is 35.5. The summed E-state index contributed by atoms with van der Waals surface area (Å²) < 4.78 is 43.2. The summed E-state index contributed by atoms with van der Waals surface area (Å²) in [5, 5.41) is 6.76. The van der Waals surface area contributed by atoms with E-state index in [4.69, 9.17) is 16.3 Å². The average Bonchev–Trinajstić information content (AvgIpc) is 3.25. The predicted molar refractivity (Wildman–Crippen MR) is 85.6 cm³/mol. The van der Waals surface area contributed by atoms with Crippen molar-refractivity contribution in [2.75, 3.05) is 0 Å². The number of halogens is 4. The number of alkyl halides is 3. The number of aromatic nitrogens is 2. The van der Waals surface area contributed by atoms with Crippen LogP contribution in [0, 0.1) is 0 Å². The number of rotatable bonds is 5. The molecule has 8 heteroatoms. The number of hydrogen-bond donors (Lipinski definition) is 1. The van der Waals surface area contributed by atoms with Crippen LogP contribution in [0.4, 0.5) is 13.2 Å². The highest BCUT2D eigenvalue weighted by molar-refractivity contribution is 6.31. The molecule has 0 saturated heterocycles. The number of aromatic amines is 1. The van der Waals surface area contributed by atoms with Crippen molar-refractivity contribution in [3.05, 3.63) is 51.8 Å². The summed E-state index contributed by atoms with van der Waals surface area (Å²) in [5.74, 6) is -0.129. The molecule has 1 atom stereocenters. The van der Waals surface area contributed by atoms with Gasteiger partial charge in [-0.1, -0.05) is 17.7 Å². The first-order valence-corrected chi connectivity index (χ1v) is 8.23. The summed E-state index contributed by atoms with van der Waals surface area (Å²) in [4.78, 5) is 12.1. The minimum Gasteiger partial charge on any atom is -0.458 e. The van der Waals surface area contributed by atoms with Crippen molar-refractivity contribution in [3.8, 4) is 0 Å². The van der Waals surface area contributed by atoms with Crippen molar-refractivity contribution in [1.82, 2.24) is 10.2 Å². The van der Waals surface area contributed by atoms with Gasteiger partial charge >= 0.3 is 12.1 Å². The van der Waals surface area contributed by atoms with Crippen LogP contribution in [0.1, 0.15) is 53.0 Å². The Balaban J connectivity index is 1.61. The van der Waals surface area contributed by atoms with E-state index >= 15 is 0 Å². The lowest BCUT2D eigenvalue weighted by molar-refractivity contribution is -0.137. The molecule has 4 nitrogen and oxygen atoms in total. The maximum atomic E-state index is 12.6. The highest BCUT2D eigenvalue weighted by Gasteiger charge is 2.31. The highest BCUT2D eigenvalue weighted by Crippen LogP contribution is 2.39. The largest absolute Gasteiger partial charge is 0.458 e. The minimum atomic E-state index is -4.44. The Morgan fingerprint density at radius 1 is 1.40 bits per heavy atom. The number of nitrogens with one attached hydrogen (secondary N) is 1. The molecule has 1 aromatic carbocycles. The Kier molecular flexibility index (Phi) is 4.77. The fraction of sp³-hybridized carbons (Fsp3) is 0.412. The summed E-state index contributed by atoms with van der Waals surface area (Å²) in [5.41, 5.74) is 0.795. The van der Waals surface area contributed by atoms with Crippen molar-refractivity contribution in [1.29, 1.82) is 0 Å². The molecule has 0 radical (unpaired) electrons. The number of carbonyl (C=O) groups is 1. The topological polar surface area (TPSA) is 55.0 Å². The van der Waals surface area contributed by atoms with Gasteiger partial charge in [0.05, 0.1) is 5.56 Å². The summed E-state index contributed by atoms with van der Waals surface area (Å²) in [6, 6.07) is 4.82. The van der Waals surface area contributed by atoms with Crippen LogP contribution >= 0.6 is 11.6 Å². The van der Waals surface area contributed by atoms with Gasteiger partial charge in [0.1, 0.15) is 6.10 Å². The summed E-state index contributed by atoms with van der Waals surface area (Å²) >= 11 is 5.92. The number of benzene rings is 1. The number of H-pyrrole nitrogens is 1. The number of esters is 1. The molecule has 1 unspecified atom stereocenters. The SMILES string of the molecule is CC(Cc1ccc(C(F)(F)F)cc1Cl)OC(=O)c1cc(C2CC2)[nH]n1. The van der Waals surface area contributed by atoms with Gasteiger partial charge in [0.25, 0.3) is 0 Å². The van der Waals surface area contributed by atoms with E-state index in [2.05, 4.69) is 10.2 Å². The number of carbonyl (C=O) groups excluding carboxylic acids is 1. The van der Waals surface area contributed by atoms with Gasteiger partial charge in [-0.15, -0.1) is 0 Å². The molecule has 0 bridgehead atoms. The van der Waals surface area contributed by atoms with E-state index in [0.717, 1.165) is 30.7 Å². The van der Waals surface area contributed by atoms with Crippen LogP contribution in [0.3, 0.4) is 0 Å². The first kappa shape index (κ1) is 17.8. The zero-order valence-electron chi connectivity index (χ0n) is 13.4. The average molecular weight is 373 g/mol. The van der Waals surface area contributed by atoms with Gasteiger partial charge in [-0.05, 0) is 43.5 Å². The third-order valence-corrected chi connectivity index (χ3v) is 4.37. The number of nitrogens with zero attached hydrogens (tertiary/aromatic N) is 1. The monoisotopic (exact) mass is 372 g/mol. The molecule has 3 rings (SSSR count). The Bertz CT molecular complexity index is 784. The van der Waals surface area contributed by atoms with E-state index in [1.807, 2.05) is 0 Å². The molecule has 0 aliphatic heterocycles. The van der Waals surface area contributed by atoms with Gasteiger partial charge in [-0.3, -0.25) is 5.10 Å².